The van der Waals surface area contributed by atoms with E-state index >= 15 is 0 Å². The lowest BCUT2D eigenvalue weighted by atomic mass is 9.77. The van der Waals surface area contributed by atoms with Crippen LogP contribution in [-0.2, 0) is 14.4 Å². The Bertz CT molecular complexity index is 1520. The van der Waals surface area contributed by atoms with Crippen molar-refractivity contribution in [3.8, 4) is 0 Å². The standard InChI is InChI=1S/C40H58N4O4/c1-10-17-19-27(12-3)39(47)42-32-23-31(41-14-5)25(8)21-29(32)35-37(45)36(38(35)46)30-22-26(9)34(44(15-6)16-7)24-33(30)43-40(48)28(13-4)20-18-11-2/h21-24,27-28,45H,10-20H2,1-9H3,(H,42,47)(H,43,48)/b35-29-,41-31-. The fourth-order valence-corrected chi connectivity index (χ4v) is 6.57. The number of hydrogen-bond acceptors (Lipinski definition) is 6. The maximum absolute atomic E-state index is 14.2. The third-order valence-electron chi connectivity index (χ3n) is 9.63. The zero-order valence-electron chi connectivity index (χ0n) is 30.8. The Kier molecular flexibility index (Phi) is 14.4. The molecule has 2 atom stereocenters. The van der Waals surface area contributed by atoms with E-state index in [1.807, 2.05) is 52.8 Å². The second-order valence-electron chi connectivity index (χ2n) is 12.9. The number of Topliss-reactive ketones (excluding diaryl/α,β-unsaturated/α-hetero) is 1. The van der Waals surface area contributed by atoms with Gasteiger partial charge in [-0.25, -0.2) is 0 Å². The molecule has 8 nitrogen and oxygen atoms in total. The smallest absolute Gasteiger partial charge is 0.227 e. The lowest BCUT2D eigenvalue weighted by Crippen LogP contribution is -2.34. The molecule has 3 N–H and O–H groups in total. The number of nitrogens with one attached hydrogen (secondary N) is 2. The average molecular weight is 659 g/mol. The van der Waals surface area contributed by atoms with Crippen molar-refractivity contribution in [1.82, 2.24) is 5.32 Å². The number of aliphatic hydroxyl groups is 1. The van der Waals surface area contributed by atoms with Gasteiger partial charge in [0.1, 0.15) is 5.76 Å². The monoisotopic (exact) mass is 658 g/mol. The Labute approximate surface area is 288 Å². The van der Waals surface area contributed by atoms with E-state index in [4.69, 9.17) is 0 Å². The van der Waals surface area contributed by atoms with Crippen molar-refractivity contribution in [2.75, 3.05) is 29.9 Å². The summed E-state index contributed by atoms with van der Waals surface area (Å²) in [6.45, 7) is 20.4. The van der Waals surface area contributed by atoms with E-state index in [0.717, 1.165) is 74.2 Å². The van der Waals surface area contributed by atoms with Crippen LogP contribution < -0.4 is 15.5 Å². The summed E-state index contributed by atoms with van der Waals surface area (Å²) < 4.78 is 0. The van der Waals surface area contributed by atoms with Crippen LogP contribution in [0.15, 0.2) is 57.5 Å². The summed E-state index contributed by atoms with van der Waals surface area (Å²) in [4.78, 5) is 48.0. The first-order valence-corrected chi connectivity index (χ1v) is 18.2. The van der Waals surface area contributed by atoms with Crippen LogP contribution in [0.5, 0.6) is 0 Å². The van der Waals surface area contributed by atoms with E-state index in [9.17, 15) is 19.5 Å². The van der Waals surface area contributed by atoms with Crippen molar-refractivity contribution < 1.29 is 19.5 Å². The first-order chi connectivity index (χ1) is 23.0. The molecule has 0 aliphatic heterocycles. The Hall–Kier alpha value is -3.94. The molecule has 1 aromatic rings. The summed E-state index contributed by atoms with van der Waals surface area (Å²) >= 11 is 0. The maximum atomic E-state index is 14.2. The number of unbranched alkanes of at least 4 members (excludes halogenated alkanes) is 2. The van der Waals surface area contributed by atoms with E-state index in [2.05, 4.69) is 48.2 Å². The number of ketones is 1. The number of nitrogens with zero attached hydrogens (tertiary/aromatic N) is 2. The van der Waals surface area contributed by atoms with Gasteiger partial charge >= 0.3 is 0 Å². The van der Waals surface area contributed by atoms with E-state index in [0.29, 0.717) is 41.9 Å². The quantitative estimate of drug-likeness (QED) is 0.145. The molecule has 0 aromatic heterocycles. The minimum Gasteiger partial charge on any atom is -0.506 e. The Morgan fingerprint density at radius 3 is 1.92 bits per heavy atom. The van der Waals surface area contributed by atoms with Crippen LogP contribution in [0.25, 0.3) is 5.57 Å². The molecule has 0 spiro atoms. The molecule has 0 heterocycles. The first kappa shape index (κ1) is 38.5. The van der Waals surface area contributed by atoms with Crippen LogP contribution in [0.3, 0.4) is 0 Å². The number of aliphatic imine (C=N–C) groups is 1. The van der Waals surface area contributed by atoms with Crippen LogP contribution in [0.1, 0.15) is 118 Å². The van der Waals surface area contributed by atoms with Gasteiger partial charge in [0.05, 0.1) is 28.2 Å². The van der Waals surface area contributed by atoms with Crippen LogP contribution in [0.2, 0.25) is 0 Å². The molecule has 1 aromatic carbocycles. The van der Waals surface area contributed by atoms with Gasteiger partial charge in [0.25, 0.3) is 0 Å². The lowest BCUT2D eigenvalue weighted by Gasteiger charge is -2.30. The van der Waals surface area contributed by atoms with E-state index in [1.165, 1.54) is 0 Å². The molecular weight excluding hydrogens is 600 g/mol. The number of carbonyl (C=O) groups is 3. The normalized spacial score (nSPS) is 18.3. The second kappa shape index (κ2) is 18.0. The molecule has 0 bridgehead atoms. The highest BCUT2D eigenvalue weighted by atomic mass is 16.3. The summed E-state index contributed by atoms with van der Waals surface area (Å²) in [6.07, 6.45) is 10.6. The summed E-state index contributed by atoms with van der Waals surface area (Å²) in [7, 11) is 0. The predicted molar refractivity (Wildman–Crippen MR) is 200 cm³/mol. The van der Waals surface area contributed by atoms with Crippen LogP contribution in [0, 0.1) is 18.8 Å². The van der Waals surface area contributed by atoms with Crippen LogP contribution >= 0.6 is 0 Å². The number of benzene rings is 1. The molecule has 2 aliphatic carbocycles. The van der Waals surface area contributed by atoms with Crippen molar-refractivity contribution in [2.24, 2.45) is 16.8 Å². The minimum absolute atomic E-state index is 0.0814. The molecule has 2 aliphatic rings. The Morgan fingerprint density at radius 2 is 1.42 bits per heavy atom. The third-order valence-corrected chi connectivity index (χ3v) is 9.63. The molecule has 262 valence electrons. The van der Waals surface area contributed by atoms with E-state index in [-0.39, 0.29) is 46.3 Å². The number of carbonyl (C=O) groups excluding carboxylic acids is 3. The van der Waals surface area contributed by atoms with Gasteiger partial charge in [-0.05, 0) is 95.7 Å². The number of aliphatic hydroxyl groups excluding tert-OH is 1. The zero-order valence-corrected chi connectivity index (χ0v) is 30.8. The second-order valence-corrected chi connectivity index (χ2v) is 12.9. The summed E-state index contributed by atoms with van der Waals surface area (Å²) in [6, 6.07) is 3.83. The van der Waals surface area contributed by atoms with E-state index in [1.54, 1.807) is 6.08 Å². The molecule has 48 heavy (non-hydrogen) atoms. The third kappa shape index (κ3) is 8.55. The first-order valence-electron chi connectivity index (χ1n) is 18.2. The summed E-state index contributed by atoms with van der Waals surface area (Å²) in [5, 5.41) is 17.9. The zero-order chi connectivity index (χ0) is 35.5. The predicted octanol–water partition coefficient (Wildman–Crippen LogP) is 8.78. The number of allylic oxidation sites excluding steroid dienone is 5. The number of anilines is 2. The largest absolute Gasteiger partial charge is 0.506 e. The fourth-order valence-electron chi connectivity index (χ4n) is 6.57. The molecule has 8 heteroatoms. The highest BCUT2D eigenvalue weighted by Gasteiger charge is 2.40. The highest BCUT2D eigenvalue weighted by molar-refractivity contribution is 6.40. The van der Waals surface area contributed by atoms with E-state index < -0.39 is 0 Å². The van der Waals surface area contributed by atoms with Gasteiger partial charge in [0, 0.05) is 48.3 Å². The molecule has 3 rings (SSSR count). The summed E-state index contributed by atoms with van der Waals surface area (Å²) in [5.74, 6) is -0.961. The molecule has 2 unspecified atom stereocenters. The summed E-state index contributed by atoms with van der Waals surface area (Å²) in [5.41, 5.74) is 5.77. The van der Waals surface area contributed by atoms with Gasteiger partial charge in [-0.1, -0.05) is 53.4 Å². The van der Waals surface area contributed by atoms with Gasteiger partial charge in [-0.15, -0.1) is 0 Å². The van der Waals surface area contributed by atoms with Crippen molar-refractivity contribution in [3.63, 3.8) is 0 Å². The number of hydrogen-bond donors (Lipinski definition) is 3. The SMILES string of the molecule is CCCCC(CC)C(=O)NC1=CC(=N/CC)/C(C)=CC/1=C1/C(=O)C(c2cc(C)c(N(CC)CC)cc2NC(=O)C(CC)CCCC)=C1O. The number of amides is 2. The van der Waals surface area contributed by atoms with Crippen LogP contribution in [-0.4, -0.2) is 48.1 Å². The maximum Gasteiger partial charge on any atom is 0.227 e. The topological polar surface area (TPSA) is 111 Å². The average Bonchev–Trinajstić information content (AvgIpc) is 3.06. The molecule has 0 saturated carbocycles. The molecular formula is C40H58N4O4. The fraction of sp³-hybridized carbons (Fsp3) is 0.550. The van der Waals surface area contributed by atoms with Gasteiger partial charge in [0.15, 0.2) is 0 Å². The molecule has 2 amide bonds. The van der Waals surface area contributed by atoms with Crippen molar-refractivity contribution >= 4 is 40.3 Å². The van der Waals surface area contributed by atoms with Crippen LogP contribution in [0.4, 0.5) is 11.4 Å². The molecule has 0 radical (unpaired) electrons. The van der Waals surface area contributed by atoms with Crippen molar-refractivity contribution in [3.05, 3.63) is 63.6 Å². The minimum atomic E-state index is -0.330. The lowest BCUT2D eigenvalue weighted by molar-refractivity contribution is -0.124. The Morgan fingerprint density at radius 1 is 0.833 bits per heavy atom. The van der Waals surface area contributed by atoms with Crippen molar-refractivity contribution in [2.45, 2.75) is 114 Å². The highest BCUT2D eigenvalue weighted by Crippen LogP contribution is 2.44. The van der Waals surface area contributed by atoms with Gasteiger partial charge in [-0.3, -0.25) is 19.4 Å². The van der Waals surface area contributed by atoms with Gasteiger partial charge < -0.3 is 20.6 Å². The Balaban J connectivity index is 2.18. The van der Waals surface area contributed by atoms with Gasteiger partial charge in [0.2, 0.25) is 17.6 Å². The van der Waals surface area contributed by atoms with Gasteiger partial charge in [-0.2, -0.15) is 0 Å². The number of aryl methyl sites for hydroxylation is 1. The number of rotatable bonds is 17. The molecule has 0 fully saturated rings. The molecule has 0 saturated heterocycles. The van der Waals surface area contributed by atoms with Crippen molar-refractivity contribution in [1.29, 1.82) is 0 Å².